The monoisotopic (exact) mass is 280 g/mol. The lowest BCUT2D eigenvalue weighted by Crippen LogP contribution is -2.24. The second kappa shape index (κ2) is 10.4. The van der Waals surface area contributed by atoms with E-state index in [2.05, 4.69) is 17.2 Å². The maximum atomic E-state index is 12.6. The molecule has 0 saturated carbocycles. The Morgan fingerprint density at radius 2 is 1.75 bits per heavy atom. The first-order chi connectivity index (χ1) is 9.74. The summed E-state index contributed by atoms with van der Waals surface area (Å²) in [5, 5.41) is 2.83. The zero-order valence-electron chi connectivity index (χ0n) is 12.3. The number of amides is 1. The van der Waals surface area contributed by atoms with E-state index in [4.69, 9.17) is 0 Å². The molecule has 0 aliphatic carbocycles. The minimum Gasteiger partial charge on any atom is -0.352 e. The number of nitrogens with zero attached hydrogens (tertiary/aromatic N) is 1. The van der Waals surface area contributed by atoms with Crippen molar-refractivity contribution in [2.75, 3.05) is 6.54 Å². The Balaban J connectivity index is 2.01. The maximum Gasteiger partial charge on any atom is 0.252 e. The Bertz CT molecular complexity index is 379. The number of unbranched alkanes of at least 4 members (excludes halogenated alkanes) is 7. The summed E-state index contributed by atoms with van der Waals surface area (Å²) < 4.78 is 12.6. The van der Waals surface area contributed by atoms with Gasteiger partial charge in [0.2, 0.25) is 5.95 Å². The average Bonchev–Trinajstić information content (AvgIpc) is 2.46. The fourth-order valence-electron chi connectivity index (χ4n) is 2.07. The normalized spacial score (nSPS) is 10.5. The van der Waals surface area contributed by atoms with Crippen LogP contribution in [0.4, 0.5) is 4.39 Å². The van der Waals surface area contributed by atoms with Crippen LogP contribution in [0, 0.1) is 5.95 Å². The lowest BCUT2D eigenvalue weighted by Gasteiger charge is -2.05. The van der Waals surface area contributed by atoms with Gasteiger partial charge in [0, 0.05) is 12.7 Å². The van der Waals surface area contributed by atoms with Crippen molar-refractivity contribution in [3.63, 3.8) is 0 Å². The van der Waals surface area contributed by atoms with Crippen LogP contribution in [0.5, 0.6) is 0 Å². The third-order valence-electron chi connectivity index (χ3n) is 3.31. The molecule has 0 aliphatic rings. The fraction of sp³-hybridized carbons (Fsp3) is 0.625. The molecule has 1 aromatic rings. The van der Waals surface area contributed by atoms with Crippen LogP contribution in [0.25, 0.3) is 0 Å². The summed E-state index contributed by atoms with van der Waals surface area (Å²) in [4.78, 5) is 15.2. The molecular formula is C16H25FN2O. The molecule has 4 heteroatoms. The van der Waals surface area contributed by atoms with Crippen LogP contribution in [0.2, 0.25) is 0 Å². The Morgan fingerprint density at radius 1 is 1.10 bits per heavy atom. The SMILES string of the molecule is CCCCCCCCCCNC(=O)c1ccc(F)nc1. The Labute approximate surface area is 121 Å². The summed E-state index contributed by atoms with van der Waals surface area (Å²) in [5.41, 5.74) is 0.408. The van der Waals surface area contributed by atoms with Crippen molar-refractivity contribution in [3.8, 4) is 0 Å². The number of carbonyl (C=O) groups is 1. The predicted octanol–water partition coefficient (Wildman–Crippen LogP) is 4.09. The van der Waals surface area contributed by atoms with E-state index >= 15 is 0 Å². The quantitative estimate of drug-likeness (QED) is 0.518. The highest BCUT2D eigenvalue weighted by molar-refractivity contribution is 5.93. The molecule has 0 aromatic carbocycles. The molecule has 0 unspecified atom stereocenters. The highest BCUT2D eigenvalue weighted by Gasteiger charge is 2.04. The van der Waals surface area contributed by atoms with Crippen LogP contribution >= 0.6 is 0 Å². The largest absolute Gasteiger partial charge is 0.352 e. The van der Waals surface area contributed by atoms with E-state index in [1.54, 1.807) is 0 Å². The maximum absolute atomic E-state index is 12.6. The summed E-state index contributed by atoms with van der Waals surface area (Å²) >= 11 is 0. The molecule has 1 N–H and O–H groups in total. The van der Waals surface area contributed by atoms with Crippen LogP contribution < -0.4 is 5.32 Å². The Hall–Kier alpha value is -1.45. The highest BCUT2D eigenvalue weighted by Crippen LogP contribution is 2.08. The van der Waals surface area contributed by atoms with Gasteiger partial charge in [-0.15, -0.1) is 0 Å². The van der Waals surface area contributed by atoms with Gasteiger partial charge in [-0.25, -0.2) is 4.98 Å². The third kappa shape index (κ3) is 7.22. The van der Waals surface area contributed by atoms with Gasteiger partial charge in [-0.05, 0) is 18.6 Å². The van der Waals surface area contributed by atoms with Gasteiger partial charge >= 0.3 is 0 Å². The smallest absolute Gasteiger partial charge is 0.252 e. The second-order valence-corrected chi connectivity index (χ2v) is 5.10. The highest BCUT2D eigenvalue weighted by atomic mass is 19.1. The van der Waals surface area contributed by atoms with Gasteiger partial charge in [-0.1, -0.05) is 51.9 Å². The number of rotatable bonds is 10. The van der Waals surface area contributed by atoms with E-state index in [0.717, 1.165) is 12.8 Å². The fourth-order valence-corrected chi connectivity index (χ4v) is 2.07. The van der Waals surface area contributed by atoms with E-state index < -0.39 is 5.95 Å². The van der Waals surface area contributed by atoms with Crippen molar-refractivity contribution in [2.24, 2.45) is 0 Å². The standard InChI is InChI=1S/C16H25FN2O/c1-2-3-4-5-6-7-8-9-12-18-16(20)14-10-11-15(17)19-13-14/h10-11,13H,2-9,12H2,1H3,(H,18,20). The van der Waals surface area contributed by atoms with Gasteiger partial charge in [0.1, 0.15) is 0 Å². The van der Waals surface area contributed by atoms with Crippen LogP contribution in [0.3, 0.4) is 0 Å². The summed E-state index contributed by atoms with van der Waals surface area (Å²) in [6, 6.07) is 2.65. The van der Waals surface area contributed by atoms with Crippen LogP contribution in [-0.4, -0.2) is 17.4 Å². The number of pyridine rings is 1. The van der Waals surface area contributed by atoms with Crippen LogP contribution in [0.1, 0.15) is 68.6 Å². The first-order valence-electron chi connectivity index (χ1n) is 7.63. The average molecular weight is 280 g/mol. The molecule has 1 rings (SSSR count). The summed E-state index contributed by atoms with van der Waals surface area (Å²) in [7, 11) is 0. The lowest BCUT2D eigenvalue weighted by molar-refractivity contribution is 0.0952. The molecule has 0 atom stereocenters. The topological polar surface area (TPSA) is 42.0 Å². The number of halogens is 1. The van der Waals surface area contributed by atoms with E-state index in [0.29, 0.717) is 12.1 Å². The van der Waals surface area contributed by atoms with Crippen molar-refractivity contribution >= 4 is 5.91 Å². The molecule has 3 nitrogen and oxygen atoms in total. The van der Waals surface area contributed by atoms with Gasteiger partial charge < -0.3 is 5.32 Å². The Morgan fingerprint density at radius 3 is 2.35 bits per heavy atom. The molecule has 1 amide bonds. The van der Waals surface area contributed by atoms with Crippen molar-refractivity contribution < 1.29 is 9.18 Å². The minimum absolute atomic E-state index is 0.180. The minimum atomic E-state index is -0.565. The molecule has 0 bridgehead atoms. The summed E-state index contributed by atoms with van der Waals surface area (Å²) in [5.74, 6) is -0.745. The van der Waals surface area contributed by atoms with Crippen molar-refractivity contribution in [1.82, 2.24) is 10.3 Å². The zero-order chi connectivity index (χ0) is 14.6. The van der Waals surface area contributed by atoms with Crippen molar-refractivity contribution in [3.05, 3.63) is 29.8 Å². The molecule has 0 spiro atoms. The number of aromatic nitrogens is 1. The molecule has 1 aromatic heterocycles. The zero-order valence-corrected chi connectivity index (χ0v) is 12.3. The molecule has 0 saturated heterocycles. The molecule has 112 valence electrons. The van der Waals surface area contributed by atoms with Crippen LogP contribution in [-0.2, 0) is 0 Å². The Kier molecular flexibility index (Phi) is 8.59. The van der Waals surface area contributed by atoms with E-state index in [9.17, 15) is 9.18 Å². The number of nitrogens with one attached hydrogen (secondary N) is 1. The molecular weight excluding hydrogens is 255 g/mol. The van der Waals surface area contributed by atoms with Gasteiger partial charge in [0.25, 0.3) is 5.91 Å². The van der Waals surface area contributed by atoms with Gasteiger partial charge in [0.05, 0.1) is 5.56 Å². The van der Waals surface area contributed by atoms with E-state index in [-0.39, 0.29) is 5.91 Å². The number of hydrogen-bond donors (Lipinski definition) is 1. The number of hydrogen-bond acceptors (Lipinski definition) is 2. The lowest BCUT2D eigenvalue weighted by atomic mass is 10.1. The molecule has 0 fully saturated rings. The molecule has 1 heterocycles. The number of carbonyl (C=O) groups excluding carboxylic acids is 1. The molecule has 0 aliphatic heterocycles. The van der Waals surface area contributed by atoms with Crippen molar-refractivity contribution in [2.45, 2.75) is 58.3 Å². The van der Waals surface area contributed by atoms with Gasteiger partial charge in [0.15, 0.2) is 0 Å². The third-order valence-corrected chi connectivity index (χ3v) is 3.31. The second-order valence-electron chi connectivity index (χ2n) is 5.10. The predicted molar refractivity (Wildman–Crippen MR) is 79.1 cm³/mol. The summed E-state index contributed by atoms with van der Waals surface area (Å²) in [6.07, 6.45) is 11.2. The van der Waals surface area contributed by atoms with E-state index in [1.165, 1.54) is 56.9 Å². The van der Waals surface area contributed by atoms with Gasteiger partial charge in [-0.2, -0.15) is 4.39 Å². The van der Waals surface area contributed by atoms with Gasteiger partial charge in [-0.3, -0.25) is 4.79 Å². The molecule has 0 radical (unpaired) electrons. The first-order valence-corrected chi connectivity index (χ1v) is 7.63. The van der Waals surface area contributed by atoms with Crippen LogP contribution in [0.15, 0.2) is 18.3 Å². The summed E-state index contributed by atoms with van der Waals surface area (Å²) in [6.45, 7) is 2.89. The van der Waals surface area contributed by atoms with Crippen molar-refractivity contribution in [1.29, 1.82) is 0 Å². The van der Waals surface area contributed by atoms with E-state index in [1.807, 2.05) is 0 Å². The molecule has 20 heavy (non-hydrogen) atoms. The first kappa shape index (κ1) is 16.6.